The number of para-hydroxylation sites is 2. The zero-order valence-corrected chi connectivity index (χ0v) is 10.2. The Kier molecular flexibility index (Phi) is 2.99. The molecule has 0 saturated heterocycles. The molecule has 0 unspecified atom stereocenters. The number of hydrogen-bond acceptors (Lipinski definition) is 7. The van der Waals surface area contributed by atoms with Gasteiger partial charge in [-0.3, -0.25) is 0 Å². The monoisotopic (exact) mass is 262 g/mol. The number of oxazole rings is 1. The van der Waals surface area contributed by atoms with Crippen LogP contribution in [0.3, 0.4) is 0 Å². The van der Waals surface area contributed by atoms with Gasteiger partial charge >= 0.3 is 0 Å². The number of nitrogens with zero attached hydrogens (tertiary/aromatic N) is 3. The van der Waals surface area contributed by atoms with Gasteiger partial charge in [-0.2, -0.15) is 4.98 Å². The van der Waals surface area contributed by atoms with Crippen LogP contribution in [0, 0.1) is 0 Å². The molecule has 2 heterocycles. The topological polar surface area (TPSA) is 91.0 Å². The van der Waals surface area contributed by atoms with Gasteiger partial charge in [0.1, 0.15) is 5.52 Å². The standard InChI is InChI=1S/C11H10N4O2S/c12-5-10-14-9(15-17-10)6-18-11-13-7-3-1-2-4-8(7)16-11/h1-4H,5-6,12H2. The average molecular weight is 262 g/mol. The van der Waals surface area contributed by atoms with Crippen LogP contribution in [-0.4, -0.2) is 15.1 Å². The van der Waals surface area contributed by atoms with E-state index in [4.69, 9.17) is 14.7 Å². The molecule has 3 rings (SSSR count). The first-order valence-corrected chi connectivity index (χ1v) is 6.33. The van der Waals surface area contributed by atoms with E-state index in [9.17, 15) is 0 Å². The van der Waals surface area contributed by atoms with Crippen molar-refractivity contribution < 1.29 is 8.94 Å². The van der Waals surface area contributed by atoms with Crippen LogP contribution in [-0.2, 0) is 12.3 Å². The van der Waals surface area contributed by atoms with Gasteiger partial charge in [-0.1, -0.05) is 29.1 Å². The lowest BCUT2D eigenvalue weighted by Gasteiger charge is -1.89. The lowest BCUT2D eigenvalue weighted by molar-refractivity contribution is 0.376. The SMILES string of the molecule is NCc1nc(CSc2nc3ccccc3o2)no1. The van der Waals surface area contributed by atoms with E-state index >= 15 is 0 Å². The highest BCUT2D eigenvalue weighted by molar-refractivity contribution is 7.98. The van der Waals surface area contributed by atoms with E-state index in [2.05, 4.69) is 15.1 Å². The molecule has 2 N–H and O–H groups in total. The van der Waals surface area contributed by atoms with Crippen LogP contribution in [0.25, 0.3) is 11.1 Å². The highest BCUT2D eigenvalue weighted by Gasteiger charge is 2.09. The summed E-state index contributed by atoms with van der Waals surface area (Å²) >= 11 is 1.42. The summed E-state index contributed by atoms with van der Waals surface area (Å²) in [5.41, 5.74) is 7.00. The third-order valence-corrected chi connectivity index (χ3v) is 3.11. The minimum absolute atomic E-state index is 0.251. The third kappa shape index (κ3) is 2.22. The molecule has 0 fully saturated rings. The molecule has 2 aromatic heterocycles. The van der Waals surface area contributed by atoms with Crippen LogP contribution in [0.4, 0.5) is 0 Å². The first-order valence-electron chi connectivity index (χ1n) is 5.35. The van der Waals surface area contributed by atoms with Gasteiger partial charge in [-0.05, 0) is 12.1 Å². The third-order valence-electron chi connectivity index (χ3n) is 2.28. The molecule has 18 heavy (non-hydrogen) atoms. The number of nitrogens with two attached hydrogens (primary N) is 1. The normalized spacial score (nSPS) is 11.2. The zero-order valence-electron chi connectivity index (χ0n) is 9.37. The molecule has 6 nitrogen and oxygen atoms in total. The van der Waals surface area contributed by atoms with E-state index in [0.29, 0.717) is 22.7 Å². The molecular formula is C11H10N4O2S. The van der Waals surface area contributed by atoms with E-state index in [1.165, 1.54) is 11.8 Å². The molecule has 0 radical (unpaired) electrons. The van der Waals surface area contributed by atoms with Crippen molar-refractivity contribution in [3.8, 4) is 0 Å². The summed E-state index contributed by atoms with van der Waals surface area (Å²) in [6.45, 7) is 0.251. The van der Waals surface area contributed by atoms with Crippen LogP contribution >= 0.6 is 11.8 Å². The van der Waals surface area contributed by atoms with Crippen molar-refractivity contribution in [2.45, 2.75) is 17.5 Å². The van der Waals surface area contributed by atoms with Gasteiger partial charge in [0, 0.05) is 0 Å². The number of hydrogen-bond donors (Lipinski definition) is 1. The Morgan fingerprint density at radius 1 is 1.22 bits per heavy atom. The summed E-state index contributed by atoms with van der Waals surface area (Å²) in [5.74, 6) is 1.56. The second-order valence-electron chi connectivity index (χ2n) is 3.54. The summed E-state index contributed by atoms with van der Waals surface area (Å²) in [5, 5.41) is 4.39. The Labute approximate surface area is 107 Å². The maximum Gasteiger partial charge on any atom is 0.257 e. The van der Waals surface area contributed by atoms with Gasteiger partial charge in [0.05, 0.1) is 12.3 Å². The zero-order chi connectivity index (χ0) is 12.4. The van der Waals surface area contributed by atoms with E-state index in [-0.39, 0.29) is 6.54 Å². The van der Waals surface area contributed by atoms with E-state index in [1.807, 2.05) is 24.3 Å². The van der Waals surface area contributed by atoms with Crippen molar-refractivity contribution in [2.75, 3.05) is 0 Å². The smallest absolute Gasteiger partial charge is 0.257 e. The maximum absolute atomic E-state index is 5.56. The number of aromatic nitrogens is 3. The predicted octanol–water partition coefficient (Wildman–Crippen LogP) is 1.96. The Morgan fingerprint density at radius 2 is 2.11 bits per heavy atom. The highest BCUT2D eigenvalue weighted by atomic mass is 32.2. The van der Waals surface area contributed by atoms with Crippen LogP contribution < -0.4 is 5.73 Å². The van der Waals surface area contributed by atoms with Crippen molar-refractivity contribution >= 4 is 22.9 Å². The quantitative estimate of drug-likeness (QED) is 0.718. The molecule has 92 valence electrons. The predicted molar refractivity (Wildman–Crippen MR) is 65.8 cm³/mol. The van der Waals surface area contributed by atoms with Crippen molar-refractivity contribution in [3.05, 3.63) is 36.0 Å². The van der Waals surface area contributed by atoms with Crippen LogP contribution in [0.15, 0.2) is 38.4 Å². The Bertz CT molecular complexity index is 631. The van der Waals surface area contributed by atoms with Crippen LogP contribution in [0.5, 0.6) is 0 Å². The minimum Gasteiger partial charge on any atom is -0.431 e. The molecule has 0 bridgehead atoms. The fourth-order valence-corrected chi connectivity index (χ4v) is 2.15. The van der Waals surface area contributed by atoms with Gasteiger partial charge < -0.3 is 14.7 Å². The summed E-state index contributed by atoms with van der Waals surface area (Å²) < 4.78 is 10.5. The summed E-state index contributed by atoms with van der Waals surface area (Å²) in [6, 6.07) is 7.62. The van der Waals surface area contributed by atoms with Gasteiger partial charge in [0.25, 0.3) is 5.22 Å². The molecule has 7 heteroatoms. The highest BCUT2D eigenvalue weighted by Crippen LogP contribution is 2.25. The largest absolute Gasteiger partial charge is 0.431 e. The van der Waals surface area contributed by atoms with Gasteiger partial charge in [0.2, 0.25) is 5.89 Å². The second-order valence-corrected chi connectivity index (χ2v) is 4.47. The Morgan fingerprint density at radius 3 is 2.89 bits per heavy atom. The fraction of sp³-hybridized carbons (Fsp3) is 0.182. The summed E-state index contributed by atoms with van der Waals surface area (Å²) in [6.07, 6.45) is 0. The second kappa shape index (κ2) is 4.79. The average Bonchev–Trinajstić information content (AvgIpc) is 3.02. The Balaban J connectivity index is 1.72. The molecule has 0 aliphatic rings. The first kappa shape index (κ1) is 11.2. The van der Waals surface area contributed by atoms with Crippen LogP contribution in [0.1, 0.15) is 11.7 Å². The van der Waals surface area contributed by atoms with E-state index in [0.717, 1.165) is 11.1 Å². The lowest BCUT2D eigenvalue weighted by Crippen LogP contribution is -1.96. The number of thioether (sulfide) groups is 1. The maximum atomic E-state index is 5.56. The van der Waals surface area contributed by atoms with E-state index < -0.39 is 0 Å². The molecule has 0 amide bonds. The molecular weight excluding hydrogens is 252 g/mol. The molecule has 0 saturated carbocycles. The fourth-order valence-electron chi connectivity index (χ4n) is 1.47. The number of benzene rings is 1. The molecule has 1 aromatic carbocycles. The molecule has 0 aliphatic carbocycles. The lowest BCUT2D eigenvalue weighted by atomic mass is 10.3. The van der Waals surface area contributed by atoms with Crippen molar-refractivity contribution in [1.29, 1.82) is 0 Å². The first-order chi connectivity index (χ1) is 8.85. The number of rotatable bonds is 4. The van der Waals surface area contributed by atoms with Crippen molar-refractivity contribution in [1.82, 2.24) is 15.1 Å². The van der Waals surface area contributed by atoms with Gasteiger partial charge in [-0.25, -0.2) is 4.98 Å². The minimum atomic E-state index is 0.251. The van der Waals surface area contributed by atoms with Gasteiger partial charge in [0.15, 0.2) is 11.4 Å². The van der Waals surface area contributed by atoms with Gasteiger partial charge in [-0.15, -0.1) is 0 Å². The molecule has 0 spiro atoms. The van der Waals surface area contributed by atoms with Crippen molar-refractivity contribution in [3.63, 3.8) is 0 Å². The number of fused-ring (bicyclic) bond motifs is 1. The molecule has 0 aliphatic heterocycles. The summed E-state index contributed by atoms with van der Waals surface area (Å²) in [7, 11) is 0. The Hall–Kier alpha value is -1.86. The van der Waals surface area contributed by atoms with E-state index in [1.54, 1.807) is 0 Å². The summed E-state index contributed by atoms with van der Waals surface area (Å²) in [4.78, 5) is 8.44. The van der Waals surface area contributed by atoms with Crippen molar-refractivity contribution in [2.24, 2.45) is 5.73 Å². The van der Waals surface area contributed by atoms with Crippen LogP contribution in [0.2, 0.25) is 0 Å². The molecule has 0 atom stereocenters. The molecule has 3 aromatic rings.